The zero-order chi connectivity index (χ0) is 17.3. The number of benzene rings is 1. The first-order chi connectivity index (χ1) is 12.2. The van der Waals surface area contributed by atoms with Crippen LogP contribution in [0.25, 0.3) is 11.0 Å². The molecule has 0 radical (unpaired) electrons. The molecule has 0 aliphatic carbocycles. The van der Waals surface area contributed by atoms with Crippen molar-refractivity contribution < 1.29 is 4.79 Å². The fourth-order valence-electron chi connectivity index (χ4n) is 4.25. The lowest BCUT2D eigenvalue weighted by atomic mass is 9.83. The maximum absolute atomic E-state index is 12.3. The first-order valence-corrected chi connectivity index (χ1v) is 9.21. The van der Waals surface area contributed by atoms with Crippen molar-refractivity contribution in [2.75, 3.05) is 31.1 Å². The SMILES string of the molecule is NC(=O)C1(N2CCCCC2)CCN(c2cnc3ccccc3n2)CC1. The molecule has 25 heavy (non-hydrogen) atoms. The quantitative estimate of drug-likeness (QED) is 0.925. The van der Waals surface area contributed by atoms with E-state index in [9.17, 15) is 4.79 Å². The molecule has 4 rings (SSSR count). The Kier molecular flexibility index (Phi) is 4.29. The molecule has 2 aliphatic heterocycles. The number of piperidine rings is 2. The Hall–Kier alpha value is -2.21. The van der Waals surface area contributed by atoms with Gasteiger partial charge in [0.1, 0.15) is 11.4 Å². The number of anilines is 1. The monoisotopic (exact) mass is 339 g/mol. The summed E-state index contributed by atoms with van der Waals surface area (Å²) >= 11 is 0. The predicted octanol–water partition coefficient (Wildman–Crippen LogP) is 1.94. The summed E-state index contributed by atoms with van der Waals surface area (Å²) < 4.78 is 0. The van der Waals surface area contributed by atoms with Crippen LogP contribution in [0.3, 0.4) is 0 Å². The molecule has 132 valence electrons. The van der Waals surface area contributed by atoms with Crippen LogP contribution < -0.4 is 10.6 Å². The van der Waals surface area contributed by atoms with Gasteiger partial charge in [0.05, 0.1) is 17.2 Å². The molecule has 1 amide bonds. The Balaban J connectivity index is 1.53. The molecular formula is C19H25N5O. The largest absolute Gasteiger partial charge is 0.368 e. The number of amides is 1. The number of nitrogens with two attached hydrogens (primary N) is 1. The highest BCUT2D eigenvalue weighted by Gasteiger charge is 2.45. The molecule has 1 aromatic carbocycles. The summed E-state index contributed by atoms with van der Waals surface area (Å²) in [5, 5.41) is 0. The number of aromatic nitrogens is 2. The van der Waals surface area contributed by atoms with Gasteiger partial charge < -0.3 is 10.6 Å². The first kappa shape index (κ1) is 16.3. The number of primary amides is 1. The third-order valence-electron chi connectivity index (χ3n) is 5.77. The Bertz CT molecular complexity index is 763. The third-order valence-corrected chi connectivity index (χ3v) is 5.77. The maximum atomic E-state index is 12.3. The fraction of sp³-hybridized carbons (Fsp3) is 0.526. The lowest BCUT2D eigenvalue weighted by molar-refractivity contribution is -0.132. The highest BCUT2D eigenvalue weighted by Crippen LogP contribution is 2.33. The van der Waals surface area contributed by atoms with Gasteiger partial charge in [-0.05, 0) is 50.9 Å². The second-order valence-corrected chi connectivity index (χ2v) is 7.15. The molecule has 0 saturated carbocycles. The van der Waals surface area contributed by atoms with Crippen molar-refractivity contribution in [2.24, 2.45) is 5.73 Å². The number of rotatable bonds is 3. The van der Waals surface area contributed by atoms with Crippen LogP contribution in [0, 0.1) is 0 Å². The third kappa shape index (κ3) is 2.95. The number of hydrogen-bond acceptors (Lipinski definition) is 5. The highest BCUT2D eigenvalue weighted by atomic mass is 16.1. The molecule has 1 aromatic heterocycles. The van der Waals surface area contributed by atoms with E-state index in [1.165, 1.54) is 6.42 Å². The van der Waals surface area contributed by atoms with Crippen LogP contribution in [0.1, 0.15) is 32.1 Å². The van der Waals surface area contributed by atoms with Gasteiger partial charge in [-0.1, -0.05) is 18.6 Å². The van der Waals surface area contributed by atoms with E-state index < -0.39 is 5.54 Å². The summed E-state index contributed by atoms with van der Waals surface area (Å²) in [5.41, 5.74) is 7.19. The van der Waals surface area contributed by atoms with Gasteiger partial charge in [-0.2, -0.15) is 0 Å². The number of hydrogen-bond donors (Lipinski definition) is 1. The zero-order valence-corrected chi connectivity index (χ0v) is 14.5. The van der Waals surface area contributed by atoms with Gasteiger partial charge in [-0.25, -0.2) is 4.98 Å². The number of fused-ring (bicyclic) bond motifs is 1. The molecule has 0 bridgehead atoms. The molecule has 2 N–H and O–H groups in total. The lowest BCUT2D eigenvalue weighted by Crippen LogP contribution is -2.63. The molecule has 2 aliphatic rings. The van der Waals surface area contributed by atoms with Crippen LogP contribution in [0.4, 0.5) is 5.82 Å². The maximum Gasteiger partial charge on any atom is 0.238 e. The highest BCUT2D eigenvalue weighted by molar-refractivity contribution is 5.85. The summed E-state index contributed by atoms with van der Waals surface area (Å²) in [4.78, 5) is 26.1. The summed E-state index contributed by atoms with van der Waals surface area (Å²) in [5.74, 6) is 0.717. The summed E-state index contributed by atoms with van der Waals surface area (Å²) in [6.07, 6.45) is 6.93. The Morgan fingerprint density at radius 2 is 1.68 bits per heavy atom. The lowest BCUT2D eigenvalue weighted by Gasteiger charge is -2.48. The van der Waals surface area contributed by atoms with Gasteiger partial charge in [-0.3, -0.25) is 14.7 Å². The molecule has 6 nitrogen and oxygen atoms in total. The average molecular weight is 339 g/mol. The van der Waals surface area contributed by atoms with Gasteiger partial charge in [0, 0.05) is 13.1 Å². The van der Waals surface area contributed by atoms with Crippen molar-refractivity contribution in [2.45, 2.75) is 37.6 Å². The zero-order valence-electron chi connectivity index (χ0n) is 14.5. The summed E-state index contributed by atoms with van der Waals surface area (Å²) in [7, 11) is 0. The van der Waals surface area contributed by atoms with Crippen molar-refractivity contribution in [3.05, 3.63) is 30.5 Å². The number of carbonyl (C=O) groups is 1. The van der Waals surface area contributed by atoms with E-state index in [2.05, 4.69) is 14.8 Å². The van der Waals surface area contributed by atoms with Gasteiger partial charge in [0.15, 0.2) is 0 Å². The predicted molar refractivity (Wildman–Crippen MR) is 98.3 cm³/mol. The summed E-state index contributed by atoms with van der Waals surface area (Å²) in [6, 6.07) is 7.90. The van der Waals surface area contributed by atoms with Crippen molar-refractivity contribution in [3.8, 4) is 0 Å². The standard InChI is InChI=1S/C19H25N5O/c20-18(25)19(24-10-4-1-5-11-24)8-12-23(13-9-19)17-14-21-15-6-2-3-7-16(15)22-17/h2-3,6-7,14H,1,4-5,8-13H2,(H2,20,25). The van der Waals surface area contributed by atoms with E-state index in [0.29, 0.717) is 0 Å². The fourth-order valence-corrected chi connectivity index (χ4v) is 4.25. The van der Waals surface area contributed by atoms with E-state index in [-0.39, 0.29) is 5.91 Å². The molecule has 6 heteroatoms. The van der Waals surface area contributed by atoms with E-state index in [1.807, 2.05) is 30.5 Å². The normalized spacial score (nSPS) is 21.4. The van der Waals surface area contributed by atoms with Gasteiger partial charge in [0.2, 0.25) is 5.91 Å². The van der Waals surface area contributed by atoms with Crippen LogP contribution in [0.5, 0.6) is 0 Å². The number of carbonyl (C=O) groups excluding carboxylic acids is 1. The van der Waals surface area contributed by atoms with Crippen molar-refractivity contribution in [3.63, 3.8) is 0 Å². The topological polar surface area (TPSA) is 75.4 Å². The number of para-hydroxylation sites is 2. The van der Waals surface area contributed by atoms with E-state index in [1.54, 1.807) is 0 Å². The molecule has 2 fully saturated rings. The molecule has 0 spiro atoms. The van der Waals surface area contributed by atoms with Crippen LogP contribution in [0.15, 0.2) is 30.5 Å². The smallest absolute Gasteiger partial charge is 0.238 e. The van der Waals surface area contributed by atoms with E-state index in [4.69, 9.17) is 10.7 Å². The minimum atomic E-state index is -0.485. The second kappa shape index (κ2) is 6.59. The minimum absolute atomic E-state index is 0.168. The van der Waals surface area contributed by atoms with Crippen LogP contribution in [0.2, 0.25) is 0 Å². The van der Waals surface area contributed by atoms with Crippen LogP contribution >= 0.6 is 0 Å². The molecule has 0 unspecified atom stereocenters. The molecule has 2 saturated heterocycles. The Morgan fingerprint density at radius 1 is 1.00 bits per heavy atom. The van der Waals surface area contributed by atoms with Crippen LogP contribution in [-0.2, 0) is 4.79 Å². The molecule has 3 heterocycles. The van der Waals surface area contributed by atoms with E-state index in [0.717, 1.165) is 68.7 Å². The Labute approximate surface area is 148 Å². The van der Waals surface area contributed by atoms with Crippen LogP contribution in [-0.4, -0.2) is 52.5 Å². The van der Waals surface area contributed by atoms with Gasteiger partial charge >= 0.3 is 0 Å². The van der Waals surface area contributed by atoms with Crippen molar-refractivity contribution in [1.29, 1.82) is 0 Å². The molecule has 0 atom stereocenters. The molecule has 2 aromatic rings. The first-order valence-electron chi connectivity index (χ1n) is 9.21. The minimum Gasteiger partial charge on any atom is -0.368 e. The van der Waals surface area contributed by atoms with Gasteiger partial charge in [-0.15, -0.1) is 0 Å². The Morgan fingerprint density at radius 3 is 2.36 bits per heavy atom. The van der Waals surface area contributed by atoms with E-state index >= 15 is 0 Å². The number of nitrogens with zero attached hydrogens (tertiary/aromatic N) is 4. The van der Waals surface area contributed by atoms with Crippen molar-refractivity contribution in [1.82, 2.24) is 14.9 Å². The average Bonchev–Trinajstić information content (AvgIpc) is 2.68. The summed E-state index contributed by atoms with van der Waals surface area (Å²) in [6.45, 7) is 3.54. The number of likely N-dealkylation sites (tertiary alicyclic amines) is 1. The molecular weight excluding hydrogens is 314 g/mol. The second-order valence-electron chi connectivity index (χ2n) is 7.15. The van der Waals surface area contributed by atoms with Gasteiger partial charge in [0.25, 0.3) is 0 Å². The van der Waals surface area contributed by atoms with Crippen molar-refractivity contribution >= 4 is 22.8 Å².